The minimum Gasteiger partial charge on any atom is -0.275 e. The number of aryl methyl sites for hydroxylation is 1. The van der Waals surface area contributed by atoms with Crippen LogP contribution in [0.25, 0.3) is 0 Å². The number of alkyl halides is 2. The number of hydrogen-bond acceptors (Lipinski definition) is 1. The fourth-order valence-electron chi connectivity index (χ4n) is 1.36. The summed E-state index contributed by atoms with van der Waals surface area (Å²) in [5, 5.41) is 3.82. The smallest absolute Gasteiger partial charge is 0.275 e. The van der Waals surface area contributed by atoms with Crippen molar-refractivity contribution in [3.63, 3.8) is 0 Å². The third kappa shape index (κ3) is 2.11. The van der Waals surface area contributed by atoms with Crippen molar-refractivity contribution in [1.82, 2.24) is 9.78 Å². The SMILES string of the molecule is Cn1cc(C(C)(C)C)c(C(C)(F)F)n1. The van der Waals surface area contributed by atoms with E-state index in [1.165, 1.54) is 4.68 Å². The van der Waals surface area contributed by atoms with Gasteiger partial charge in [-0.1, -0.05) is 20.8 Å². The standard InChI is InChI=1S/C10H16F2N2/c1-9(2,3)7-6-14(5)13-8(7)10(4,11)12/h6H,1-5H3. The lowest BCUT2D eigenvalue weighted by atomic mass is 9.86. The molecule has 0 aliphatic carbocycles. The molecule has 0 amide bonds. The maximum absolute atomic E-state index is 13.2. The zero-order chi connectivity index (χ0) is 11.1. The van der Waals surface area contributed by atoms with Crippen LogP contribution >= 0.6 is 0 Å². The second-order valence-corrected chi connectivity index (χ2v) is 4.70. The summed E-state index contributed by atoms with van der Waals surface area (Å²) in [5.41, 5.74) is 0.184. The molecule has 1 rings (SSSR count). The molecule has 0 bridgehead atoms. The summed E-state index contributed by atoms with van der Waals surface area (Å²) in [6.45, 7) is 6.59. The van der Waals surface area contributed by atoms with Gasteiger partial charge in [0.25, 0.3) is 5.92 Å². The van der Waals surface area contributed by atoms with E-state index in [0.717, 1.165) is 6.92 Å². The molecular weight excluding hydrogens is 186 g/mol. The Morgan fingerprint density at radius 1 is 1.21 bits per heavy atom. The van der Waals surface area contributed by atoms with Crippen LogP contribution in [0.15, 0.2) is 6.20 Å². The second-order valence-electron chi connectivity index (χ2n) is 4.70. The third-order valence-electron chi connectivity index (χ3n) is 2.05. The molecule has 4 heteroatoms. The number of rotatable bonds is 1. The van der Waals surface area contributed by atoms with Gasteiger partial charge in [0.1, 0.15) is 5.69 Å². The Labute approximate surface area is 82.9 Å². The molecule has 1 aromatic heterocycles. The van der Waals surface area contributed by atoms with Crippen LogP contribution in [-0.2, 0) is 18.4 Å². The van der Waals surface area contributed by atoms with Gasteiger partial charge in [-0.25, -0.2) is 0 Å². The molecular formula is C10H16F2N2. The number of nitrogens with zero attached hydrogens (tertiary/aromatic N) is 2. The Morgan fingerprint density at radius 2 is 1.71 bits per heavy atom. The van der Waals surface area contributed by atoms with Gasteiger partial charge in [-0.05, 0) is 5.41 Å². The first kappa shape index (κ1) is 11.1. The van der Waals surface area contributed by atoms with Crippen LogP contribution in [0.1, 0.15) is 39.0 Å². The first-order valence-electron chi connectivity index (χ1n) is 4.55. The fourth-order valence-corrected chi connectivity index (χ4v) is 1.36. The Hall–Kier alpha value is -0.930. The summed E-state index contributed by atoms with van der Waals surface area (Å²) in [7, 11) is 1.66. The highest BCUT2D eigenvalue weighted by atomic mass is 19.3. The van der Waals surface area contributed by atoms with Crippen LogP contribution < -0.4 is 0 Å². The Balaban J connectivity index is 3.31. The molecule has 0 aromatic carbocycles. The van der Waals surface area contributed by atoms with E-state index in [-0.39, 0.29) is 11.1 Å². The van der Waals surface area contributed by atoms with E-state index in [1.54, 1.807) is 13.2 Å². The Bertz CT molecular complexity index is 297. The van der Waals surface area contributed by atoms with Crippen molar-refractivity contribution in [1.29, 1.82) is 0 Å². The van der Waals surface area contributed by atoms with Crippen LogP contribution in [0.3, 0.4) is 0 Å². The largest absolute Gasteiger partial charge is 0.289 e. The summed E-state index contributed by atoms with van der Waals surface area (Å²) >= 11 is 0. The van der Waals surface area contributed by atoms with Crippen molar-refractivity contribution < 1.29 is 8.78 Å². The molecule has 1 heterocycles. The van der Waals surface area contributed by atoms with Gasteiger partial charge in [-0.3, -0.25) is 4.68 Å². The van der Waals surface area contributed by atoms with Gasteiger partial charge in [0.2, 0.25) is 0 Å². The predicted molar refractivity (Wildman–Crippen MR) is 51.5 cm³/mol. The van der Waals surface area contributed by atoms with Crippen LogP contribution in [0.2, 0.25) is 0 Å². The molecule has 14 heavy (non-hydrogen) atoms. The van der Waals surface area contributed by atoms with Crippen molar-refractivity contribution in [3.8, 4) is 0 Å². The number of halogens is 2. The molecule has 0 saturated heterocycles. The Morgan fingerprint density at radius 3 is 2.00 bits per heavy atom. The van der Waals surface area contributed by atoms with Crippen LogP contribution in [0.5, 0.6) is 0 Å². The normalized spacial score (nSPS) is 13.4. The molecule has 0 aliphatic rings. The lowest BCUT2D eigenvalue weighted by molar-refractivity contribution is 0.0105. The van der Waals surface area contributed by atoms with Gasteiger partial charge >= 0.3 is 0 Å². The molecule has 0 unspecified atom stereocenters. The average molecular weight is 202 g/mol. The van der Waals surface area contributed by atoms with E-state index in [1.807, 2.05) is 20.8 Å². The highest BCUT2D eigenvalue weighted by molar-refractivity contribution is 5.28. The summed E-state index contributed by atoms with van der Waals surface area (Å²) in [6, 6.07) is 0. The first-order valence-corrected chi connectivity index (χ1v) is 4.55. The molecule has 0 spiro atoms. The quantitative estimate of drug-likeness (QED) is 0.684. The average Bonchev–Trinajstić information content (AvgIpc) is 2.27. The molecule has 2 nitrogen and oxygen atoms in total. The molecule has 0 N–H and O–H groups in total. The molecule has 0 atom stereocenters. The van der Waals surface area contributed by atoms with Crippen molar-refractivity contribution >= 4 is 0 Å². The van der Waals surface area contributed by atoms with Crippen molar-refractivity contribution in [2.75, 3.05) is 0 Å². The van der Waals surface area contributed by atoms with Crippen LogP contribution in [-0.4, -0.2) is 9.78 Å². The monoisotopic (exact) mass is 202 g/mol. The molecule has 80 valence electrons. The van der Waals surface area contributed by atoms with E-state index in [2.05, 4.69) is 5.10 Å². The lowest BCUT2D eigenvalue weighted by Crippen LogP contribution is -2.19. The summed E-state index contributed by atoms with van der Waals surface area (Å²) in [5.74, 6) is -2.87. The lowest BCUT2D eigenvalue weighted by Gasteiger charge is -2.20. The van der Waals surface area contributed by atoms with Crippen LogP contribution in [0.4, 0.5) is 8.78 Å². The summed E-state index contributed by atoms with van der Waals surface area (Å²) in [4.78, 5) is 0. The zero-order valence-electron chi connectivity index (χ0n) is 9.23. The number of hydrogen-bond donors (Lipinski definition) is 0. The zero-order valence-corrected chi connectivity index (χ0v) is 9.23. The molecule has 1 aromatic rings. The summed E-state index contributed by atoms with van der Waals surface area (Å²) < 4.78 is 27.8. The fraction of sp³-hybridized carbons (Fsp3) is 0.700. The van der Waals surface area contributed by atoms with Gasteiger partial charge in [0, 0.05) is 25.7 Å². The number of aromatic nitrogens is 2. The van der Waals surface area contributed by atoms with Gasteiger partial charge in [-0.15, -0.1) is 0 Å². The Kier molecular flexibility index (Phi) is 2.42. The van der Waals surface area contributed by atoms with E-state index in [4.69, 9.17) is 0 Å². The van der Waals surface area contributed by atoms with Crippen LogP contribution in [0, 0.1) is 0 Å². The molecule has 0 aliphatic heterocycles. The van der Waals surface area contributed by atoms with Gasteiger partial charge < -0.3 is 0 Å². The summed E-state index contributed by atoms with van der Waals surface area (Å²) in [6.07, 6.45) is 1.66. The highest BCUT2D eigenvalue weighted by Gasteiger charge is 2.34. The van der Waals surface area contributed by atoms with E-state index in [0.29, 0.717) is 5.56 Å². The third-order valence-corrected chi connectivity index (χ3v) is 2.05. The first-order chi connectivity index (χ1) is 6.12. The van der Waals surface area contributed by atoms with Crippen molar-refractivity contribution in [2.24, 2.45) is 7.05 Å². The molecule has 0 saturated carbocycles. The van der Waals surface area contributed by atoms with Gasteiger partial charge in [-0.2, -0.15) is 13.9 Å². The maximum atomic E-state index is 13.2. The van der Waals surface area contributed by atoms with Crippen molar-refractivity contribution in [3.05, 3.63) is 17.5 Å². The minimum atomic E-state index is -2.87. The topological polar surface area (TPSA) is 17.8 Å². The van der Waals surface area contributed by atoms with Gasteiger partial charge in [0.05, 0.1) is 0 Å². The highest BCUT2D eigenvalue weighted by Crippen LogP contribution is 2.34. The van der Waals surface area contributed by atoms with E-state index in [9.17, 15) is 8.78 Å². The molecule has 0 fully saturated rings. The van der Waals surface area contributed by atoms with Gasteiger partial charge in [0.15, 0.2) is 0 Å². The minimum absolute atomic E-state index is 0.118. The van der Waals surface area contributed by atoms with Crippen molar-refractivity contribution in [2.45, 2.75) is 39.0 Å². The maximum Gasteiger partial charge on any atom is 0.289 e. The predicted octanol–water partition coefficient (Wildman–Crippen LogP) is 2.83. The van der Waals surface area contributed by atoms with E-state index >= 15 is 0 Å². The molecule has 0 radical (unpaired) electrons. The van der Waals surface area contributed by atoms with E-state index < -0.39 is 5.92 Å². The second kappa shape index (κ2) is 3.04.